The fourth-order valence-electron chi connectivity index (χ4n) is 12.0. The number of benzene rings is 3. The number of carbonyl (C=O) groups excluding carboxylic acids is 2. The number of hydrogen-bond donors (Lipinski definition) is 1. The van der Waals surface area contributed by atoms with Crippen molar-refractivity contribution in [3.05, 3.63) is 105 Å². The molecule has 4 fully saturated rings. The minimum absolute atomic E-state index is 0.0110. The van der Waals surface area contributed by atoms with Crippen LogP contribution in [0.3, 0.4) is 0 Å². The zero-order valence-corrected chi connectivity index (χ0v) is 41.4. The minimum atomic E-state index is -2.68. The van der Waals surface area contributed by atoms with E-state index in [1.165, 1.54) is 0 Å². The van der Waals surface area contributed by atoms with Crippen LogP contribution in [-0.4, -0.2) is 94.3 Å². The van der Waals surface area contributed by atoms with E-state index in [2.05, 4.69) is 36.1 Å². The van der Waals surface area contributed by atoms with Crippen LogP contribution in [0.4, 0.5) is 26.1 Å². The zero-order valence-electron chi connectivity index (χ0n) is 40.6. The quantitative estimate of drug-likeness (QED) is 0.135. The van der Waals surface area contributed by atoms with E-state index in [4.69, 9.17) is 36.2 Å². The lowest BCUT2D eigenvalue weighted by molar-refractivity contribution is -0.129. The van der Waals surface area contributed by atoms with Crippen molar-refractivity contribution in [1.82, 2.24) is 30.2 Å². The van der Waals surface area contributed by atoms with Gasteiger partial charge in [-0.15, -0.1) is 10.2 Å². The second-order valence-electron chi connectivity index (χ2n) is 20.6. The van der Waals surface area contributed by atoms with Gasteiger partial charge in [-0.25, -0.2) is 8.78 Å². The number of piperidine rings is 1. The molecule has 6 aliphatic rings. The number of hydrogen-bond acceptors (Lipinski definition) is 11. The molecule has 5 aromatic rings. The molecule has 0 radical (unpaired) electrons. The third-order valence-corrected chi connectivity index (χ3v) is 16.4. The molecular formula is C55H60ClF2N9O5. The van der Waals surface area contributed by atoms with Gasteiger partial charge in [0.25, 0.3) is 12.3 Å². The number of nitrogens with zero attached hydrogens (tertiary/aromatic N) is 8. The largest absolute Gasteiger partial charge is 0.490 e. The molecule has 376 valence electrons. The predicted molar refractivity (Wildman–Crippen MR) is 268 cm³/mol. The van der Waals surface area contributed by atoms with Crippen molar-refractivity contribution in [1.29, 1.82) is 5.26 Å². The van der Waals surface area contributed by atoms with Crippen LogP contribution in [0.5, 0.6) is 11.5 Å². The molecule has 2 amide bonds. The molecule has 2 saturated heterocycles. The highest BCUT2D eigenvalue weighted by atomic mass is 35.5. The number of nitrogens with one attached hydrogen (secondary N) is 1. The van der Waals surface area contributed by atoms with Gasteiger partial charge in [-0.1, -0.05) is 23.7 Å². The van der Waals surface area contributed by atoms with Crippen LogP contribution in [0.25, 0.3) is 11.1 Å². The van der Waals surface area contributed by atoms with Crippen molar-refractivity contribution in [2.24, 2.45) is 5.41 Å². The summed E-state index contributed by atoms with van der Waals surface area (Å²) in [5, 5.41) is 26.6. The summed E-state index contributed by atoms with van der Waals surface area (Å²) in [7, 11) is 0. The molecule has 0 atom stereocenters. The molecule has 0 unspecified atom stereocenters. The predicted octanol–water partition coefficient (Wildman–Crippen LogP) is 10.1. The fraction of sp³-hybridized carbons (Fsp3) is 0.491. The average molecular weight is 1000 g/mol. The SMILES string of the molecule is CC(=O)N1CCc2c(c(N3CCCc4cc(-c5ccc(OC6CC7(CCN(c8ccc(C(=O)NC9CCC(Oc%10ccc(C#N)c(Cl)c%10)CC9)nn8)CC7)C6)cc5)c(C(F)F)cc43)nn2C2CCOCC2)C1. The van der Waals surface area contributed by atoms with Gasteiger partial charge in [0.15, 0.2) is 17.3 Å². The van der Waals surface area contributed by atoms with Gasteiger partial charge in [-0.2, -0.15) is 10.4 Å². The summed E-state index contributed by atoms with van der Waals surface area (Å²) in [4.78, 5) is 31.9. The molecule has 17 heteroatoms. The van der Waals surface area contributed by atoms with Gasteiger partial charge in [0.2, 0.25) is 5.91 Å². The lowest BCUT2D eigenvalue weighted by atomic mass is 9.61. The number of ether oxygens (including phenoxy) is 3. The number of alkyl halides is 2. The van der Waals surface area contributed by atoms with E-state index < -0.39 is 6.43 Å². The monoisotopic (exact) mass is 999 g/mol. The summed E-state index contributed by atoms with van der Waals surface area (Å²) in [6, 6.07) is 22.2. The highest BCUT2D eigenvalue weighted by Crippen LogP contribution is 2.51. The second-order valence-corrected chi connectivity index (χ2v) is 21.0. The number of anilines is 3. The molecule has 0 bridgehead atoms. The molecule has 4 aliphatic heterocycles. The third-order valence-electron chi connectivity index (χ3n) is 16.1. The Kier molecular flexibility index (Phi) is 13.5. The molecule has 2 aliphatic carbocycles. The smallest absolute Gasteiger partial charge is 0.272 e. The summed E-state index contributed by atoms with van der Waals surface area (Å²) in [5.41, 5.74) is 6.09. The molecular weight excluding hydrogens is 940 g/mol. The lowest BCUT2D eigenvalue weighted by Gasteiger charge is -2.51. The summed E-state index contributed by atoms with van der Waals surface area (Å²) in [5.74, 6) is 2.69. The highest BCUT2D eigenvalue weighted by Gasteiger charge is 2.47. The van der Waals surface area contributed by atoms with Crippen molar-refractivity contribution in [3.63, 3.8) is 0 Å². The third kappa shape index (κ3) is 9.82. The van der Waals surface area contributed by atoms with Crippen LogP contribution in [-0.2, 0) is 28.9 Å². The molecule has 2 saturated carbocycles. The first-order valence-corrected chi connectivity index (χ1v) is 26.1. The van der Waals surface area contributed by atoms with E-state index in [9.17, 15) is 9.59 Å². The first kappa shape index (κ1) is 48.0. The van der Waals surface area contributed by atoms with Gasteiger partial charge in [0.1, 0.15) is 17.6 Å². The van der Waals surface area contributed by atoms with Crippen LogP contribution in [0.15, 0.2) is 66.7 Å². The first-order chi connectivity index (χ1) is 35.0. The van der Waals surface area contributed by atoms with Crippen LogP contribution in [0, 0.1) is 16.7 Å². The van der Waals surface area contributed by atoms with Gasteiger partial charge in [0.05, 0.1) is 35.4 Å². The van der Waals surface area contributed by atoms with Crippen LogP contribution in [0.2, 0.25) is 5.02 Å². The van der Waals surface area contributed by atoms with E-state index >= 15 is 8.78 Å². The number of carbonyl (C=O) groups is 2. The molecule has 1 spiro atoms. The Morgan fingerprint density at radius 3 is 2.32 bits per heavy atom. The number of amides is 2. The van der Waals surface area contributed by atoms with Gasteiger partial charge in [-0.05, 0) is 148 Å². The van der Waals surface area contributed by atoms with Gasteiger partial charge in [-0.3, -0.25) is 14.3 Å². The van der Waals surface area contributed by atoms with E-state index in [1.54, 1.807) is 37.3 Å². The molecule has 1 N–H and O–H groups in total. The molecule has 72 heavy (non-hydrogen) atoms. The molecule has 2 aromatic heterocycles. The van der Waals surface area contributed by atoms with Crippen molar-refractivity contribution in [2.75, 3.05) is 49.2 Å². The topological polar surface area (TPSA) is 151 Å². The summed E-state index contributed by atoms with van der Waals surface area (Å²) >= 11 is 6.17. The van der Waals surface area contributed by atoms with Crippen LogP contribution in [0.1, 0.15) is 128 Å². The van der Waals surface area contributed by atoms with E-state index in [0.717, 1.165) is 136 Å². The van der Waals surface area contributed by atoms with Gasteiger partial charge < -0.3 is 34.2 Å². The molecule has 3 aromatic carbocycles. The van der Waals surface area contributed by atoms with Gasteiger partial charge in [0, 0.05) is 87.4 Å². The molecule has 11 rings (SSSR count). The second kappa shape index (κ2) is 20.3. The van der Waals surface area contributed by atoms with Crippen molar-refractivity contribution in [3.8, 4) is 28.7 Å². The number of rotatable bonds is 11. The Labute approximate surface area is 423 Å². The summed E-state index contributed by atoms with van der Waals surface area (Å²) in [6.07, 6.45) is 8.50. The van der Waals surface area contributed by atoms with E-state index in [0.29, 0.717) is 66.9 Å². The average Bonchev–Trinajstić information content (AvgIpc) is 3.78. The van der Waals surface area contributed by atoms with E-state index in [-0.39, 0.29) is 47.1 Å². The Morgan fingerprint density at radius 1 is 0.875 bits per heavy atom. The Balaban J connectivity index is 0.676. The number of fused-ring (bicyclic) bond motifs is 2. The first-order valence-electron chi connectivity index (χ1n) is 25.7. The maximum absolute atomic E-state index is 15.1. The maximum Gasteiger partial charge on any atom is 0.272 e. The molecule has 6 heterocycles. The number of halogens is 3. The van der Waals surface area contributed by atoms with E-state index in [1.807, 2.05) is 41.3 Å². The van der Waals surface area contributed by atoms with Gasteiger partial charge >= 0.3 is 0 Å². The summed E-state index contributed by atoms with van der Waals surface area (Å²) < 4.78 is 50.6. The lowest BCUT2D eigenvalue weighted by Crippen LogP contribution is -2.51. The Hall–Kier alpha value is -6.31. The standard InChI is InChI=1S/C55H60ClF2N9O5/c1-34(68)65-22-16-49-46(33-65)53(63-67(49)39-17-25-70-26-18-39)66-21-2-3-36-27-44(45(52(57)58)29-50(36)66)35-4-9-40(10-5-35)72-43-30-55(31-43)19-23-64(24-20-55)51-15-14-48(61-62-51)54(69)60-38-7-12-41(13-8-38)71-42-11-6-37(32-59)47(56)28-42/h4-6,9-11,14-15,27-29,38-39,41,43,52H,2-3,7-8,12-13,16-26,30-31,33H2,1H3,(H,60,69). The Bertz CT molecular complexity index is 2840. The van der Waals surface area contributed by atoms with Crippen molar-refractivity contribution in [2.45, 2.75) is 128 Å². The van der Waals surface area contributed by atoms with Crippen molar-refractivity contribution >= 4 is 40.7 Å². The summed E-state index contributed by atoms with van der Waals surface area (Å²) in [6.45, 7) is 6.39. The number of nitriles is 1. The normalized spacial score (nSPS) is 21.1. The van der Waals surface area contributed by atoms with Crippen molar-refractivity contribution < 1.29 is 32.6 Å². The Morgan fingerprint density at radius 2 is 1.62 bits per heavy atom. The minimum Gasteiger partial charge on any atom is -0.490 e. The fourth-order valence-corrected chi connectivity index (χ4v) is 12.2. The zero-order chi connectivity index (χ0) is 49.5. The number of aromatic nitrogens is 4. The van der Waals surface area contributed by atoms with Crippen LogP contribution >= 0.6 is 11.6 Å². The highest BCUT2D eigenvalue weighted by molar-refractivity contribution is 6.31. The van der Waals surface area contributed by atoms with Crippen LogP contribution < -0.4 is 24.6 Å². The number of aryl methyl sites for hydroxylation is 1. The maximum atomic E-state index is 15.1. The molecule has 14 nitrogen and oxygen atoms in total.